The molecule has 3 heterocycles. The van der Waals surface area contributed by atoms with Crippen LogP contribution in [-0.2, 0) is 4.79 Å². The molecule has 0 aromatic rings. The zero-order chi connectivity index (χ0) is 14.8. The Morgan fingerprint density at radius 2 is 2.00 bits per heavy atom. The highest BCUT2D eigenvalue weighted by molar-refractivity contribution is 8.14. The molecule has 3 rings (SSSR count). The summed E-state index contributed by atoms with van der Waals surface area (Å²) < 4.78 is 0. The quantitative estimate of drug-likeness (QED) is 0.780. The lowest BCUT2D eigenvalue weighted by Crippen LogP contribution is -2.52. The average molecular weight is 347 g/mol. The van der Waals surface area contributed by atoms with Gasteiger partial charge in [0.1, 0.15) is 0 Å². The van der Waals surface area contributed by atoms with E-state index in [1.807, 2.05) is 11.8 Å². The number of amides is 1. The van der Waals surface area contributed by atoms with Gasteiger partial charge in [0.15, 0.2) is 5.17 Å². The van der Waals surface area contributed by atoms with Crippen molar-refractivity contribution in [2.24, 2.45) is 10.9 Å². The Labute approximate surface area is 143 Å². The van der Waals surface area contributed by atoms with Crippen LogP contribution in [0.25, 0.3) is 0 Å². The first-order valence-corrected chi connectivity index (χ1v) is 8.99. The summed E-state index contributed by atoms with van der Waals surface area (Å²) >= 11 is 1.87. The molecule has 1 unspecified atom stereocenters. The van der Waals surface area contributed by atoms with Crippen molar-refractivity contribution in [3.8, 4) is 0 Å². The van der Waals surface area contributed by atoms with Crippen molar-refractivity contribution in [1.82, 2.24) is 15.1 Å². The van der Waals surface area contributed by atoms with E-state index < -0.39 is 0 Å². The van der Waals surface area contributed by atoms with Crippen LogP contribution in [0, 0.1) is 5.92 Å². The number of amidine groups is 1. The highest BCUT2D eigenvalue weighted by atomic mass is 35.5. The van der Waals surface area contributed by atoms with Crippen molar-refractivity contribution in [3.63, 3.8) is 0 Å². The molecule has 7 heteroatoms. The van der Waals surface area contributed by atoms with E-state index in [0.29, 0.717) is 17.2 Å². The lowest BCUT2D eigenvalue weighted by Gasteiger charge is -2.38. The third-order valence-electron chi connectivity index (χ3n) is 4.63. The fourth-order valence-corrected chi connectivity index (χ4v) is 4.36. The van der Waals surface area contributed by atoms with Crippen LogP contribution in [-0.4, -0.2) is 71.4 Å². The number of carbonyl (C=O) groups is 1. The van der Waals surface area contributed by atoms with Crippen molar-refractivity contribution in [1.29, 1.82) is 0 Å². The van der Waals surface area contributed by atoms with E-state index in [2.05, 4.69) is 34.0 Å². The van der Waals surface area contributed by atoms with Gasteiger partial charge in [-0.15, -0.1) is 12.4 Å². The number of aliphatic imine (C=N–C) groups is 1. The number of thioether (sulfide) groups is 1. The zero-order valence-electron chi connectivity index (χ0n) is 13.5. The molecule has 22 heavy (non-hydrogen) atoms. The minimum atomic E-state index is 0. The summed E-state index contributed by atoms with van der Waals surface area (Å²) in [4.78, 5) is 21.6. The summed E-state index contributed by atoms with van der Waals surface area (Å²) in [6, 6.07) is 0.472. The van der Waals surface area contributed by atoms with E-state index in [9.17, 15) is 4.79 Å². The minimum absolute atomic E-state index is 0. The molecule has 0 aromatic heterocycles. The van der Waals surface area contributed by atoms with Gasteiger partial charge < -0.3 is 15.1 Å². The SMILES string of the molecule is CC1CN=C(N2CCN(C(=O)[C@H]3CCN[C@@H](C)C3)CC2)S1.Cl. The predicted octanol–water partition coefficient (Wildman–Crippen LogP) is 1.43. The summed E-state index contributed by atoms with van der Waals surface area (Å²) in [5, 5.41) is 5.21. The molecule has 1 N–H and O–H groups in total. The van der Waals surface area contributed by atoms with Crippen LogP contribution in [0.3, 0.4) is 0 Å². The van der Waals surface area contributed by atoms with Gasteiger partial charge in [-0.25, -0.2) is 0 Å². The summed E-state index contributed by atoms with van der Waals surface area (Å²) in [6.45, 7) is 9.88. The normalized spacial score (nSPS) is 32.5. The summed E-state index contributed by atoms with van der Waals surface area (Å²) in [6.07, 6.45) is 1.97. The topological polar surface area (TPSA) is 47.9 Å². The highest BCUT2D eigenvalue weighted by Gasteiger charge is 2.31. The number of piperazine rings is 1. The van der Waals surface area contributed by atoms with Gasteiger partial charge in [0.05, 0.1) is 6.54 Å². The predicted molar refractivity (Wildman–Crippen MR) is 94.9 cm³/mol. The Morgan fingerprint density at radius 3 is 2.59 bits per heavy atom. The third-order valence-corrected chi connectivity index (χ3v) is 5.77. The first-order chi connectivity index (χ1) is 10.1. The van der Waals surface area contributed by atoms with Gasteiger partial charge in [-0.3, -0.25) is 9.79 Å². The van der Waals surface area contributed by atoms with E-state index >= 15 is 0 Å². The van der Waals surface area contributed by atoms with Crippen molar-refractivity contribution < 1.29 is 4.79 Å². The molecule has 0 bridgehead atoms. The number of hydrogen-bond donors (Lipinski definition) is 1. The minimum Gasteiger partial charge on any atom is -0.348 e. The van der Waals surface area contributed by atoms with Gasteiger partial charge in [0, 0.05) is 43.4 Å². The molecular formula is C15H27ClN4OS. The van der Waals surface area contributed by atoms with Crippen LogP contribution < -0.4 is 5.32 Å². The number of carbonyl (C=O) groups excluding carboxylic acids is 1. The van der Waals surface area contributed by atoms with Crippen LogP contribution in [0.5, 0.6) is 0 Å². The molecule has 3 aliphatic heterocycles. The molecule has 0 aliphatic carbocycles. The molecule has 2 fully saturated rings. The van der Waals surface area contributed by atoms with Gasteiger partial charge in [-0.1, -0.05) is 18.7 Å². The van der Waals surface area contributed by atoms with Crippen LogP contribution in [0.1, 0.15) is 26.7 Å². The molecule has 2 saturated heterocycles. The Morgan fingerprint density at radius 1 is 1.27 bits per heavy atom. The molecule has 3 atom stereocenters. The van der Waals surface area contributed by atoms with E-state index in [4.69, 9.17) is 0 Å². The molecule has 1 amide bonds. The number of halogens is 1. The third kappa shape index (κ3) is 4.09. The van der Waals surface area contributed by atoms with Crippen molar-refractivity contribution in [3.05, 3.63) is 0 Å². The first-order valence-electron chi connectivity index (χ1n) is 8.11. The zero-order valence-corrected chi connectivity index (χ0v) is 15.1. The second-order valence-corrected chi connectivity index (χ2v) is 7.85. The molecule has 126 valence electrons. The fourth-order valence-electron chi connectivity index (χ4n) is 3.37. The van der Waals surface area contributed by atoms with E-state index in [0.717, 1.165) is 52.1 Å². The van der Waals surface area contributed by atoms with Crippen molar-refractivity contribution >= 4 is 35.2 Å². The summed E-state index contributed by atoms with van der Waals surface area (Å²) in [5.74, 6) is 0.600. The molecule has 0 spiro atoms. The first kappa shape index (κ1) is 17.9. The van der Waals surface area contributed by atoms with E-state index in [-0.39, 0.29) is 18.3 Å². The molecular weight excluding hydrogens is 320 g/mol. The average Bonchev–Trinajstić information content (AvgIpc) is 2.93. The van der Waals surface area contributed by atoms with Crippen LogP contribution in [0.15, 0.2) is 4.99 Å². The van der Waals surface area contributed by atoms with Crippen LogP contribution in [0.2, 0.25) is 0 Å². The Hall–Kier alpha value is -0.460. The Kier molecular flexibility index (Phi) is 6.41. The largest absolute Gasteiger partial charge is 0.348 e. The smallest absolute Gasteiger partial charge is 0.225 e. The van der Waals surface area contributed by atoms with Gasteiger partial charge in [0.25, 0.3) is 0 Å². The number of nitrogens with one attached hydrogen (secondary N) is 1. The van der Waals surface area contributed by atoms with Crippen LogP contribution >= 0.6 is 24.2 Å². The maximum atomic E-state index is 12.6. The standard InChI is InChI=1S/C15H26N4OS.ClH/c1-11-9-13(3-4-16-11)14(20)18-5-7-19(8-6-18)15-17-10-12(2)21-15;/h11-13,16H,3-10H2,1-2H3;1H/t11-,12?,13-;/m0./s1. The molecule has 3 aliphatic rings. The molecule has 0 saturated carbocycles. The Balaban J connectivity index is 0.00000176. The number of rotatable bonds is 1. The lowest BCUT2D eigenvalue weighted by atomic mass is 9.92. The number of piperidine rings is 1. The maximum absolute atomic E-state index is 12.6. The number of nitrogens with zero attached hydrogens (tertiary/aromatic N) is 3. The maximum Gasteiger partial charge on any atom is 0.225 e. The molecule has 0 radical (unpaired) electrons. The highest BCUT2D eigenvalue weighted by Crippen LogP contribution is 2.25. The van der Waals surface area contributed by atoms with Gasteiger partial charge in [0.2, 0.25) is 5.91 Å². The van der Waals surface area contributed by atoms with Crippen LogP contribution in [0.4, 0.5) is 0 Å². The molecule has 5 nitrogen and oxygen atoms in total. The number of hydrogen-bond acceptors (Lipinski definition) is 5. The van der Waals surface area contributed by atoms with Crippen molar-refractivity contribution in [2.45, 2.75) is 38.0 Å². The molecule has 0 aromatic carbocycles. The van der Waals surface area contributed by atoms with E-state index in [1.54, 1.807) is 0 Å². The van der Waals surface area contributed by atoms with Gasteiger partial charge >= 0.3 is 0 Å². The second kappa shape index (κ2) is 7.88. The second-order valence-electron chi connectivity index (χ2n) is 6.44. The van der Waals surface area contributed by atoms with Gasteiger partial charge in [-0.2, -0.15) is 0 Å². The van der Waals surface area contributed by atoms with E-state index in [1.165, 1.54) is 5.17 Å². The Bertz CT molecular complexity index is 426. The summed E-state index contributed by atoms with van der Waals surface area (Å²) in [5.41, 5.74) is 0. The monoisotopic (exact) mass is 346 g/mol. The lowest BCUT2D eigenvalue weighted by molar-refractivity contribution is -0.138. The fraction of sp³-hybridized carbons (Fsp3) is 0.867. The summed E-state index contributed by atoms with van der Waals surface area (Å²) in [7, 11) is 0. The van der Waals surface area contributed by atoms with Crippen molar-refractivity contribution in [2.75, 3.05) is 39.3 Å². The van der Waals surface area contributed by atoms with Gasteiger partial charge in [-0.05, 0) is 26.3 Å².